The molecule has 1 aromatic rings. The van der Waals surface area contributed by atoms with Gasteiger partial charge in [0.1, 0.15) is 5.69 Å². The molecule has 0 fully saturated rings. The normalized spacial score (nSPS) is 11.0. The van der Waals surface area contributed by atoms with E-state index in [2.05, 4.69) is 10.3 Å². The van der Waals surface area contributed by atoms with E-state index >= 15 is 0 Å². The number of carbonyl (C=O) groups excluding carboxylic acids is 1. The minimum absolute atomic E-state index is 0.0562. The van der Waals surface area contributed by atoms with E-state index in [4.69, 9.17) is 5.11 Å². The molecule has 2 N–H and O–H groups in total. The lowest BCUT2D eigenvalue weighted by Gasteiger charge is -2.19. The van der Waals surface area contributed by atoms with Crippen LogP contribution in [0.15, 0.2) is 18.2 Å². The Hall–Kier alpha value is -1.98. The van der Waals surface area contributed by atoms with Gasteiger partial charge in [0.2, 0.25) is 5.95 Å². The van der Waals surface area contributed by atoms with Crippen molar-refractivity contribution in [3.05, 3.63) is 29.8 Å². The number of nitrogens with zero attached hydrogens (tertiary/aromatic N) is 1. The van der Waals surface area contributed by atoms with Crippen LogP contribution in [0.5, 0.6) is 0 Å². The van der Waals surface area contributed by atoms with Gasteiger partial charge in [-0.05, 0) is 26.0 Å². The number of hydrogen-bond acceptors (Lipinski definition) is 3. The lowest BCUT2D eigenvalue weighted by atomic mass is 9.94. The van der Waals surface area contributed by atoms with E-state index in [0.29, 0.717) is 0 Å². The summed E-state index contributed by atoms with van der Waals surface area (Å²) < 4.78 is 12.7. The average Bonchev–Trinajstić information content (AvgIpc) is 2.25. The standard InChI is InChI=1S/C11H13FN2O3/c1-11(2,10(16)17)6-13-9(15)7-4-3-5-8(12)14-7/h3-5H,6H2,1-2H3,(H,13,15)(H,16,17). The van der Waals surface area contributed by atoms with Gasteiger partial charge >= 0.3 is 5.97 Å². The molecule has 0 atom stereocenters. The van der Waals surface area contributed by atoms with Crippen LogP contribution >= 0.6 is 0 Å². The number of carbonyl (C=O) groups is 2. The van der Waals surface area contributed by atoms with E-state index in [-0.39, 0.29) is 12.2 Å². The van der Waals surface area contributed by atoms with Gasteiger partial charge in [0.05, 0.1) is 5.41 Å². The van der Waals surface area contributed by atoms with Crippen molar-refractivity contribution in [1.29, 1.82) is 0 Å². The van der Waals surface area contributed by atoms with Gasteiger partial charge in [-0.15, -0.1) is 0 Å². The summed E-state index contributed by atoms with van der Waals surface area (Å²) in [4.78, 5) is 25.7. The smallest absolute Gasteiger partial charge is 0.310 e. The molecule has 0 saturated heterocycles. The Kier molecular flexibility index (Phi) is 3.77. The molecular formula is C11H13FN2O3. The van der Waals surface area contributed by atoms with Crippen LogP contribution in [0.1, 0.15) is 24.3 Å². The van der Waals surface area contributed by atoms with E-state index < -0.39 is 23.2 Å². The van der Waals surface area contributed by atoms with Gasteiger partial charge in [-0.25, -0.2) is 4.98 Å². The van der Waals surface area contributed by atoms with Crippen molar-refractivity contribution in [2.24, 2.45) is 5.41 Å². The highest BCUT2D eigenvalue weighted by molar-refractivity contribution is 5.92. The summed E-state index contributed by atoms with van der Waals surface area (Å²) in [5.41, 5.74) is -1.16. The third-order valence-electron chi connectivity index (χ3n) is 2.22. The quantitative estimate of drug-likeness (QED) is 0.771. The fraction of sp³-hybridized carbons (Fsp3) is 0.364. The molecule has 0 aromatic carbocycles. The molecule has 0 aliphatic carbocycles. The lowest BCUT2D eigenvalue weighted by Crippen LogP contribution is -2.39. The van der Waals surface area contributed by atoms with Crippen molar-refractivity contribution < 1.29 is 19.1 Å². The van der Waals surface area contributed by atoms with Gasteiger partial charge in [-0.3, -0.25) is 9.59 Å². The highest BCUT2D eigenvalue weighted by atomic mass is 19.1. The Labute approximate surface area is 97.7 Å². The molecule has 1 rings (SSSR count). The number of carboxylic acid groups (broad SMARTS) is 1. The van der Waals surface area contributed by atoms with E-state index in [1.807, 2.05) is 0 Å². The van der Waals surface area contributed by atoms with Crippen molar-refractivity contribution in [2.45, 2.75) is 13.8 Å². The van der Waals surface area contributed by atoms with Crippen LogP contribution in [0.4, 0.5) is 4.39 Å². The Bertz CT molecular complexity index is 446. The highest BCUT2D eigenvalue weighted by Crippen LogP contribution is 2.13. The summed E-state index contributed by atoms with van der Waals surface area (Å²) in [6.45, 7) is 2.91. The van der Waals surface area contributed by atoms with E-state index in [1.54, 1.807) is 0 Å². The molecule has 0 aliphatic rings. The molecule has 0 saturated carbocycles. The van der Waals surface area contributed by atoms with Crippen LogP contribution in [0.25, 0.3) is 0 Å². The van der Waals surface area contributed by atoms with Gasteiger partial charge in [0.15, 0.2) is 0 Å². The summed E-state index contributed by atoms with van der Waals surface area (Å²) in [7, 11) is 0. The maximum atomic E-state index is 12.7. The first-order valence-electron chi connectivity index (χ1n) is 4.97. The topological polar surface area (TPSA) is 79.3 Å². The number of amides is 1. The van der Waals surface area contributed by atoms with Crippen LogP contribution < -0.4 is 5.32 Å². The van der Waals surface area contributed by atoms with Crippen LogP contribution in [0.2, 0.25) is 0 Å². The van der Waals surface area contributed by atoms with E-state index in [9.17, 15) is 14.0 Å². The Morgan fingerprint density at radius 2 is 2.12 bits per heavy atom. The van der Waals surface area contributed by atoms with Crippen LogP contribution in [0, 0.1) is 11.4 Å². The van der Waals surface area contributed by atoms with E-state index in [1.165, 1.54) is 26.0 Å². The number of aromatic nitrogens is 1. The molecule has 0 spiro atoms. The molecule has 6 heteroatoms. The number of aliphatic carboxylic acids is 1. The second-order valence-electron chi connectivity index (χ2n) is 4.22. The summed E-state index contributed by atoms with van der Waals surface area (Å²) in [5, 5.41) is 11.2. The molecule has 92 valence electrons. The Morgan fingerprint density at radius 1 is 1.47 bits per heavy atom. The molecule has 1 amide bonds. The zero-order valence-electron chi connectivity index (χ0n) is 9.53. The lowest BCUT2D eigenvalue weighted by molar-refractivity contribution is -0.146. The number of hydrogen-bond donors (Lipinski definition) is 2. The zero-order chi connectivity index (χ0) is 13.1. The SMILES string of the molecule is CC(C)(CNC(=O)c1cccc(F)n1)C(=O)O. The van der Waals surface area contributed by atoms with Gasteiger partial charge in [0, 0.05) is 6.54 Å². The predicted molar refractivity (Wildman–Crippen MR) is 57.9 cm³/mol. The molecular weight excluding hydrogens is 227 g/mol. The maximum absolute atomic E-state index is 12.7. The number of carboxylic acids is 1. The summed E-state index contributed by atoms with van der Waals surface area (Å²) in [6, 6.07) is 3.84. The number of nitrogens with one attached hydrogen (secondary N) is 1. The van der Waals surface area contributed by atoms with Gasteiger partial charge in [-0.2, -0.15) is 4.39 Å². The van der Waals surface area contributed by atoms with Crippen molar-refractivity contribution in [3.8, 4) is 0 Å². The maximum Gasteiger partial charge on any atom is 0.310 e. The minimum Gasteiger partial charge on any atom is -0.481 e. The Balaban J connectivity index is 2.65. The first-order valence-corrected chi connectivity index (χ1v) is 4.97. The number of halogens is 1. The highest BCUT2D eigenvalue weighted by Gasteiger charge is 2.27. The number of rotatable bonds is 4. The summed E-state index contributed by atoms with van der Waals surface area (Å²) in [5.74, 6) is -2.38. The molecule has 17 heavy (non-hydrogen) atoms. The predicted octanol–water partition coefficient (Wildman–Crippen LogP) is 1.06. The van der Waals surface area contributed by atoms with Crippen molar-refractivity contribution in [2.75, 3.05) is 6.54 Å². The monoisotopic (exact) mass is 240 g/mol. The summed E-state index contributed by atoms with van der Waals surface area (Å²) >= 11 is 0. The van der Waals surface area contributed by atoms with Crippen molar-refractivity contribution >= 4 is 11.9 Å². The number of pyridine rings is 1. The molecule has 0 bridgehead atoms. The van der Waals surface area contributed by atoms with Crippen LogP contribution in [0.3, 0.4) is 0 Å². The van der Waals surface area contributed by atoms with Gasteiger partial charge in [0.25, 0.3) is 5.91 Å². The van der Waals surface area contributed by atoms with Crippen LogP contribution in [-0.4, -0.2) is 28.5 Å². The van der Waals surface area contributed by atoms with Crippen LogP contribution in [-0.2, 0) is 4.79 Å². The third-order valence-corrected chi connectivity index (χ3v) is 2.22. The van der Waals surface area contributed by atoms with Crippen molar-refractivity contribution in [1.82, 2.24) is 10.3 Å². The largest absolute Gasteiger partial charge is 0.481 e. The second-order valence-corrected chi connectivity index (χ2v) is 4.22. The van der Waals surface area contributed by atoms with Gasteiger partial charge < -0.3 is 10.4 Å². The summed E-state index contributed by atoms with van der Waals surface area (Å²) in [6.07, 6.45) is 0. The Morgan fingerprint density at radius 3 is 2.65 bits per heavy atom. The van der Waals surface area contributed by atoms with Gasteiger partial charge in [-0.1, -0.05) is 6.07 Å². The first kappa shape index (κ1) is 13.1. The zero-order valence-corrected chi connectivity index (χ0v) is 9.53. The average molecular weight is 240 g/mol. The van der Waals surface area contributed by atoms with Crippen molar-refractivity contribution in [3.63, 3.8) is 0 Å². The molecule has 0 radical (unpaired) electrons. The van der Waals surface area contributed by atoms with E-state index in [0.717, 1.165) is 6.07 Å². The molecule has 1 aromatic heterocycles. The second kappa shape index (κ2) is 4.90. The molecule has 5 nitrogen and oxygen atoms in total. The third kappa shape index (κ3) is 3.51. The first-order chi connectivity index (χ1) is 7.83. The molecule has 0 aliphatic heterocycles. The fourth-order valence-corrected chi connectivity index (χ4v) is 1.00. The fourth-order valence-electron chi connectivity index (χ4n) is 1.00. The molecule has 0 unspecified atom stereocenters. The minimum atomic E-state index is -1.08. The molecule has 1 heterocycles.